The summed E-state index contributed by atoms with van der Waals surface area (Å²) in [5.41, 5.74) is 7.52. The predicted molar refractivity (Wildman–Crippen MR) is 74.3 cm³/mol. The third kappa shape index (κ3) is 2.82. The van der Waals surface area contributed by atoms with Crippen LogP contribution in [0.4, 0.5) is 5.69 Å². The lowest BCUT2D eigenvalue weighted by Crippen LogP contribution is -2.38. The number of para-hydroxylation sites is 1. The van der Waals surface area contributed by atoms with Gasteiger partial charge in [-0.2, -0.15) is 0 Å². The molecule has 0 aliphatic carbocycles. The molecule has 4 heteroatoms. The zero-order valence-electron chi connectivity index (χ0n) is 10.9. The van der Waals surface area contributed by atoms with Crippen LogP contribution in [0.25, 0.3) is 0 Å². The zero-order valence-corrected chi connectivity index (χ0v) is 10.9. The van der Waals surface area contributed by atoms with Gasteiger partial charge in [-0.05, 0) is 31.9 Å². The molecule has 1 aliphatic heterocycles. The SMILES string of the molecule is CCOC1CCN(c2ccccc2C(=N)N)CC1. The first-order valence-electron chi connectivity index (χ1n) is 6.52. The molecule has 0 aromatic heterocycles. The zero-order chi connectivity index (χ0) is 13.0. The molecule has 0 bridgehead atoms. The van der Waals surface area contributed by atoms with Gasteiger partial charge >= 0.3 is 0 Å². The number of nitrogens with one attached hydrogen (secondary N) is 1. The summed E-state index contributed by atoms with van der Waals surface area (Å²) in [6, 6.07) is 7.87. The van der Waals surface area contributed by atoms with E-state index in [0.717, 1.165) is 43.8 Å². The summed E-state index contributed by atoms with van der Waals surface area (Å²) in [6.45, 7) is 4.76. The maximum absolute atomic E-state index is 7.63. The smallest absolute Gasteiger partial charge is 0.124 e. The molecule has 1 saturated heterocycles. The van der Waals surface area contributed by atoms with E-state index in [9.17, 15) is 0 Å². The summed E-state index contributed by atoms with van der Waals surface area (Å²) < 4.78 is 5.65. The van der Waals surface area contributed by atoms with Crippen molar-refractivity contribution in [2.45, 2.75) is 25.9 Å². The van der Waals surface area contributed by atoms with Crippen molar-refractivity contribution in [2.24, 2.45) is 5.73 Å². The third-order valence-corrected chi connectivity index (χ3v) is 3.38. The summed E-state index contributed by atoms with van der Waals surface area (Å²) >= 11 is 0. The number of benzene rings is 1. The van der Waals surface area contributed by atoms with Gasteiger partial charge in [0.05, 0.1) is 6.10 Å². The molecule has 1 aromatic rings. The van der Waals surface area contributed by atoms with Crippen LogP contribution in [0.3, 0.4) is 0 Å². The normalized spacial score (nSPS) is 16.8. The van der Waals surface area contributed by atoms with Gasteiger partial charge in [0.15, 0.2) is 0 Å². The second-order valence-electron chi connectivity index (χ2n) is 4.57. The van der Waals surface area contributed by atoms with E-state index in [0.29, 0.717) is 6.10 Å². The Hall–Kier alpha value is -1.55. The standard InChI is InChI=1S/C14H21N3O/c1-2-18-11-7-9-17(10-8-11)13-6-4-3-5-12(13)14(15)16/h3-6,11H,2,7-10H2,1H3,(H3,15,16). The molecule has 0 radical (unpaired) electrons. The van der Waals surface area contributed by atoms with Crippen LogP contribution >= 0.6 is 0 Å². The molecular formula is C14H21N3O. The average molecular weight is 247 g/mol. The van der Waals surface area contributed by atoms with Crippen LogP contribution in [0.15, 0.2) is 24.3 Å². The minimum absolute atomic E-state index is 0.137. The quantitative estimate of drug-likeness (QED) is 0.631. The molecular weight excluding hydrogens is 226 g/mol. The van der Waals surface area contributed by atoms with Crippen LogP contribution in [-0.2, 0) is 4.74 Å². The number of piperidine rings is 1. The lowest BCUT2D eigenvalue weighted by molar-refractivity contribution is 0.0459. The molecule has 0 unspecified atom stereocenters. The van der Waals surface area contributed by atoms with Crippen LogP contribution in [0.2, 0.25) is 0 Å². The monoisotopic (exact) mass is 247 g/mol. The first-order valence-corrected chi connectivity index (χ1v) is 6.52. The predicted octanol–water partition coefficient (Wildman–Crippen LogP) is 1.98. The minimum Gasteiger partial charge on any atom is -0.384 e. The molecule has 1 aromatic carbocycles. The number of ether oxygens (including phenoxy) is 1. The Balaban J connectivity index is 2.07. The number of hydrogen-bond donors (Lipinski definition) is 2. The number of amidine groups is 1. The van der Waals surface area contributed by atoms with Crippen molar-refractivity contribution in [2.75, 3.05) is 24.6 Å². The van der Waals surface area contributed by atoms with Crippen molar-refractivity contribution >= 4 is 11.5 Å². The van der Waals surface area contributed by atoms with E-state index in [4.69, 9.17) is 15.9 Å². The largest absolute Gasteiger partial charge is 0.384 e. The van der Waals surface area contributed by atoms with E-state index in [1.54, 1.807) is 0 Å². The van der Waals surface area contributed by atoms with E-state index in [-0.39, 0.29) is 5.84 Å². The molecule has 1 heterocycles. The van der Waals surface area contributed by atoms with Gasteiger partial charge in [0.25, 0.3) is 0 Å². The van der Waals surface area contributed by atoms with Crippen LogP contribution < -0.4 is 10.6 Å². The molecule has 0 saturated carbocycles. The highest BCUT2D eigenvalue weighted by Gasteiger charge is 2.21. The van der Waals surface area contributed by atoms with Gasteiger partial charge in [0.2, 0.25) is 0 Å². The van der Waals surface area contributed by atoms with Gasteiger partial charge in [-0.25, -0.2) is 0 Å². The summed E-state index contributed by atoms with van der Waals surface area (Å²) in [7, 11) is 0. The number of nitrogens with zero attached hydrogens (tertiary/aromatic N) is 1. The topological polar surface area (TPSA) is 62.3 Å². The number of anilines is 1. The average Bonchev–Trinajstić information content (AvgIpc) is 2.40. The number of nitrogens with two attached hydrogens (primary N) is 1. The maximum atomic E-state index is 7.63. The molecule has 1 aliphatic rings. The number of hydrogen-bond acceptors (Lipinski definition) is 3. The molecule has 0 atom stereocenters. The van der Waals surface area contributed by atoms with Crippen molar-refractivity contribution in [1.82, 2.24) is 0 Å². The second-order valence-corrected chi connectivity index (χ2v) is 4.57. The van der Waals surface area contributed by atoms with Gasteiger partial charge in [-0.15, -0.1) is 0 Å². The maximum Gasteiger partial charge on any atom is 0.124 e. The molecule has 0 amide bonds. The van der Waals surface area contributed by atoms with Crippen LogP contribution in [0.5, 0.6) is 0 Å². The van der Waals surface area contributed by atoms with Gasteiger partial charge in [0, 0.05) is 30.9 Å². The minimum atomic E-state index is 0.137. The molecule has 2 rings (SSSR count). The molecule has 3 N–H and O–H groups in total. The molecule has 98 valence electrons. The fourth-order valence-electron chi connectivity index (χ4n) is 2.48. The first kappa shape index (κ1) is 12.9. The van der Waals surface area contributed by atoms with E-state index in [2.05, 4.69) is 4.90 Å². The summed E-state index contributed by atoms with van der Waals surface area (Å²) in [6.07, 6.45) is 2.47. The Kier molecular flexibility index (Phi) is 4.20. The molecule has 18 heavy (non-hydrogen) atoms. The van der Waals surface area contributed by atoms with E-state index < -0.39 is 0 Å². The third-order valence-electron chi connectivity index (χ3n) is 3.38. The summed E-state index contributed by atoms with van der Waals surface area (Å²) in [4.78, 5) is 2.30. The van der Waals surface area contributed by atoms with Gasteiger partial charge in [0.1, 0.15) is 5.84 Å². The van der Waals surface area contributed by atoms with Crippen LogP contribution in [-0.4, -0.2) is 31.6 Å². The van der Waals surface area contributed by atoms with Crippen molar-refractivity contribution in [3.63, 3.8) is 0 Å². The summed E-state index contributed by atoms with van der Waals surface area (Å²) in [5, 5.41) is 7.63. The first-order chi connectivity index (χ1) is 8.72. The second kappa shape index (κ2) is 5.87. The van der Waals surface area contributed by atoms with Gasteiger partial charge in [-0.3, -0.25) is 5.41 Å². The van der Waals surface area contributed by atoms with Crippen molar-refractivity contribution in [3.05, 3.63) is 29.8 Å². The van der Waals surface area contributed by atoms with E-state index in [1.807, 2.05) is 31.2 Å². The Labute approximate surface area is 108 Å². The number of rotatable bonds is 4. The van der Waals surface area contributed by atoms with Crippen LogP contribution in [0.1, 0.15) is 25.3 Å². The Bertz CT molecular complexity index is 411. The number of nitrogen functional groups attached to an aromatic ring is 1. The lowest BCUT2D eigenvalue weighted by Gasteiger charge is -2.34. The summed E-state index contributed by atoms with van der Waals surface area (Å²) in [5.74, 6) is 0.137. The fraction of sp³-hybridized carbons (Fsp3) is 0.500. The van der Waals surface area contributed by atoms with E-state index >= 15 is 0 Å². The Morgan fingerprint density at radius 1 is 1.39 bits per heavy atom. The molecule has 4 nitrogen and oxygen atoms in total. The van der Waals surface area contributed by atoms with Crippen molar-refractivity contribution in [3.8, 4) is 0 Å². The highest BCUT2D eigenvalue weighted by atomic mass is 16.5. The van der Waals surface area contributed by atoms with E-state index in [1.165, 1.54) is 0 Å². The molecule has 1 fully saturated rings. The van der Waals surface area contributed by atoms with Crippen molar-refractivity contribution < 1.29 is 4.74 Å². The highest BCUT2D eigenvalue weighted by Crippen LogP contribution is 2.24. The molecule has 0 spiro atoms. The van der Waals surface area contributed by atoms with Crippen molar-refractivity contribution in [1.29, 1.82) is 5.41 Å². The highest BCUT2D eigenvalue weighted by molar-refractivity contribution is 6.00. The van der Waals surface area contributed by atoms with Gasteiger partial charge in [-0.1, -0.05) is 12.1 Å². The van der Waals surface area contributed by atoms with Crippen LogP contribution in [0, 0.1) is 5.41 Å². The fourth-order valence-corrected chi connectivity index (χ4v) is 2.48. The van der Waals surface area contributed by atoms with Gasteiger partial charge < -0.3 is 15.4 Å². The lowest BCUT2D eigenvalue weighted by atomic mass is 10.0. The Morgan fingerprint density at radius 3 is 2.67 bits per heavy atom. The Morgan fingerprint density at radius 2 is 2.06 bits per heavy atom.